The van der Waals surface area contributed by atoms with Gasteiger partial charge in [0.1, 0.15) is 12.1 Å². The van der Waals surface area contributed by atoms with Crippen molar-refractivity contribution in [3.63, 3.8) is 0 Å². The number of carboxylic acid groups (broad SMARTS) is 1. The highest BCUT2D eigenvalue weighted by atomic mass is 16.5. The van der Waals surface area contributed by atoms with Crippen LogP contribution >= 0.6 is 0 Å². The van der Waals surface area contributed by atoms with Gasteiger partial charge in [-0.15, -0.1) is 5.10 Å². The summed E-state index contributed by atoms with van der Waals surface area (Å²) in [4.78, 5) is 15.0. The zero-order chi connectivity index (χ0) is 19.3. The second kappa shape index (κ2) is 8.55. The Morgan fingerprint density at radius 3 is 2.39 bits per heavy atom. The number of benzene rings is 1. The molecule has 0 bridgehead atoms. The lowest BCUT2D eigenvalue weighted by Crippen LogP contribution is -2.52. The summed E-state index contributed by atoms with van der Waals surface area (Å²) < 4.78 is 7.60. The van der Waals surface area contributed by atoms with E-state index in [1.807, 2.05) is 24.3 Å². The van der Waals surface area contributed by atoms with Gasteiger partial charge in [-0.2, -0.15) is 0 Å². The zero-order valence-corrected chi connectivity index (χ0v) is 15.9. The molecule has 28 heavy (non-hydrogen) atoms. The van der Waals surface area contributed by atoms with Crippen LogP contribution in [0.2, 0.25) is 0 Å². The number of carbonyl (C=O) groups is 1. The van der Waals surface area contributed by atoms with Gasteiger partial charge >= 0.3 is 6.09 Å². The van der Waals surface area contributed by atoms with Crippen LogP contribution in [0.15, 0.2) is 30.6 Å². The van der Waals surface area contributed by atoms with Crippen molar-refractivity contribution in [3.05, 3.63) is 30.6 Å². The number of rotatable bonds is 5. The van der Waals surface area contributed by atoms with Crippen molar-refractivity contribution in [1.82, 2.24) is 30.0 Å². The minimum Gasteiger partial charge on any atom is -0.493 e. The SMILES string of the molecule is O=C(O)N1CCN(C2CCC(COc3ccc(-n4cnnn4)cc3)CC2)CC1. The standard InChI is InChI=1S/C19H26N6O3/c26-19(27)24-11-9-23(10-12-24)16-3-1-15(2-4-16)13-28-18-7-5-17(6-8-18)25-14-20-21-22-25/h5-8,14-16H,1-4,9-13H2,(H,26,27). The third-order valence-corrected chi connectivity index (χ3v) is 5.85. The topological polar surface area (TPSA) is 96.6 Å². The van der Waals surface area contributed by atoms with Crippen LogP contribution in [0.5, 0.6) is 5.75 Å². The number of tetrazole rings is 1. The Kier molecular flexibility index (Phi) is 5.70. The van der Waals surface area contributed by atoms with E-state index in [0.717, 1.165) is 44.0 Å². The first-order valence-corrected chi connectivity index (χ1v) is 9.87. The molecular formula is C19H26N6O3. The largest absolute Gasteiger partial charge is 0.493 e. The predicted octanol–water partition coefficient (Wildman–Crippen LogP) is 1.90. The number of piperazine rings is 1. The quantitative estimate of drug-likeness (QED) is 0.838. The van der Waals surface area contributed by atoms with E-state index < -0.39 is 6.09 Å². The summed E-state index contributed by atoms with van der Waals surface area (Å²) in [6.07, 6.45) is 5.42. The minimum atomic E-state index is -0.800. The lowest BCUT2D eigenvalue weighted by atomic mass is 9.85. The molecule has 2 aliphatic rings. The third kappa shape index (κ3) is 4.41. The smallest absolute Gasteiger partial charge is 0.407 e. The Morgan fingerprint density at radius 2 is 1.79 bits per heavy atom. The van der Waals surface area contributed by atoms with Crippen LogP contribution < -0.4 is 4.74 Å². The second-order valence-corrected chi connectivity index (χ2v) is 7.54. The molecule has 1 aliphatic carbocycles. The first kappa shape index (κ1) is 18.7. The molecule has 1 aliphatic heterocycles. The molecule has 0 unspecified atom stereocenters. The number of hydrogen-bond donors (Lipinski definition) is 1. The molecule has 1 N–H and O–H groups in total. The van der Waals surface area contributed by atoms with Crippen molar-refractivity contribution >= 4 is 6.09 Å². The minimum absolute atomic E-state index is 0.579. The fourth-order valence-electron chi connectivity index (χ4n) is 4.14. The van der Waals surface area contributed by atoms with Crippen molar-refractivity contribution < 1.29 is 14.6 Å². The maximum absolute atomic E-state index is 11.0. The van der Waals surface area contributed by atoms with Gasteiger partial charge < -0.3 is 14.7 Å². The molecular weight excluding hydrogens is 360 g/mol. The number of nitrogens with zero attached hydrogens (tertiary/aromatic N) is 6. The molecule has 2 heterocycles. The summed E-state index contributed by atoms with van der Waals surface area (Å²) in [5.74, 6) is 1.44. The number of aromatic nitrogens is 4. The molecule has 9 heteroatoms. The Bertz CT molecular complexity index is 750. The van der Waals surface area contributed by atoms with Crippen molar-refractivity contribution in [1.29, 1.82) is 0 Å². The highest BCUT2D eigenvalue weighted by Crippen LogP contribution is 2.29. The molecule has 1 saturated heterocycles. The summed E-state index contributed by atoms with van der Waals surface area (Å²) >= 11 is 0. The van der Waals surface area contributed by atoms with Gasteiger partial charge in [-0.1, -0.05) is 0 Å². The maximum atomic E-state index is 11.0. The average molecular weight is 386 g/mol. The van der Waals surface area contributed by atoms with Crippen LogP contribution in [0.25, 0.3) is 5.69 Å². The normalized spacial score (nSPS) is 23.5. The van der Waals surface area contributed by atoms with E-state index in [9.17, 15) is 4.79 Å². The summed E-state index contributed by atoms with van der Waals surface area (Å²) in [6, 6.07) is 8.37. The molecule has 2 fully saturated rings. The van der Waals surface area contributed by atoms with Gasteiger partial charge in [-0.25, -0.2) is 9.48 Å². The fraction of sp³-hybridized carbons (Fsp3) is 0.579. The van der Waals surface area contributed by atoms with Gasteiger partial charge in [0.25, 0.3) is 0 Å². The summed E-state index contributed by atoms with van der Waals surface area (Å²) in [6.45, 7) is 3.69. The molecule has 4 rings (SSSR count). The Balaban J connectivity index is 1.19. The molecule has 1 aromatic heterocycles. The van der Waals surface area contributed by atoms with Crippen molar-refractivity contribution in [2.24, 2.45) is 5.92 Å². The van der Waals surface area contributed by atoms with Crippen LogP contribution in [0.4, 0.5) is 4.79 Å². The average Bonchev–Trinajstić information content (AvgIpc) is 3.28. The van der Waals surface area contributed by atoms with Crippen LogP contribution in [0.3, 0.4) is 0 Å². The van der Waals surface area contributed by atoms with Gasteiger partial charge in [0.2, 0.25) is 0 Å². The van der Waals surface area contributed by atoms with E-state index in [4.69, 9.17) is 9.84 Å². The molecule has 0 atom stereocenters. The summed E-state index contributed by atoms with van der Waals surface area (Å²) in [5.41, 5.74) is 0.904. The van der Waals surface area contributed by atoms with E-state index in [1.54, 1.807) is 11.0 Å². The molecule has 1 amide bonds. The van der Waals surface area contributed by atoms with Crippen molar-refractivity contribution in [3.8, 4) is 11.4 Å². The van der Waals surface area contributed by atoms with E-state index in [0.29, 0.717) is 25.0 Å². The van der Waals surface area contributed by atoms with E-state index in [2.05, 4.69) is 20.4 Å². The first-order valence-electron chi connectivity index (χ1n) is 9.87. The van der Waals surface area contributed by atoms with Crippen molar-refractivity contribution in [2.75, 3.05) is 32.8 Å². The van der Waals surface area contributed by atoms with Crippen molar-refractivity contribution in [2.45, 2.75) is 31.7 Å². The van der Waals surface area contributed by atoms with Crippen LogP contribution in [0, 0.1) is 5.92 Å². The monoisotopic (exact) mass is 386 g/mol. The van der Waals surface area contributed by atoms with Crippen LogP contribution in [-0.2, 0) is 0 Å². The Labute approximate surface area is 163 Å². The predicted molar refractivity (Wildman–Crippen MR) is 102 cm³/mol. The van der Waals surface area contributed by atoms with Crippen LogP contribution in [0.1, 0.15) is 25.7 Å². The number of hydrogen-bond acceptors (Lipinski definition) is 6. The van der Waals surface area contributed by atoms with E-state index in [-0.39, 0.29) is 0 Å². The molecule has 0 spiro atoms. The highest BCUT2D eigenvalue weighted by Gasteiger charge is 2.29. The molecule has 2 aromatic rings. The lowest BCUT2D eigenvalue weighted by molar-refractivity contribution is 0.0619. The maximum Gasteiger partial charge on any atom is 0.407 e. The van der Waals surface area contributed by atoms with Gasteiger partial charge in [0.15, 0.2) is 0 Å². The Morgan fingerprint density at radius 1 is 1.07 bits per heavy atom. The second-order valence-electron chi connectivity index (χ2n) is 7.54. The van der Waals surface area contributed by atoms with Gasteiger partial charge in [0.05, 0.1) is 12.3 Å². The molecule has 0 radical (unpaired) electrons. The first-order chi connectivity index (χ1) is 13.7. The van der Waals surface area contributed by atoms with Gasteiger partial charge in [0, 0.05) is 32.2 Å². The van der Waals surface area contributed by atoms with Crippen LogP contribution in [-0.4, -0.2) is 80.0 Å². The summed E-state index contributed by atoms with van der Waals surface area (Å²) in [5, 5.41) is 20.2. The fourth-order valence-corrected chi connectivity index (χ4v) is 4.14. The third-order valence-electron chi connectivity index (χ3n) is 5.85. The lowest BCUT2D eigenvalue weighted by Gasteiger charge is -2.41. The van der Waals surface area contributed by atoms with Gasteiger partial charge in [-0.05, 0) is 66.3 Å². The Hall–Kier alpha value is -2.68. The van der Waals surface area contributed by atoms with E-state index in [1.165, 1.54) is 17.7 Å². The zero-order valence-electron chi connectivity index (χ0n) is 15.9. The summed E-state index contributed by atoms with van der Waals surface area (Å²) in [7, 11) is 0. The van der Waals surface area contributed by atoms with E-state index >= 15 is 0 Å². The molecule has 1 aromatic carbocycles. The highest BCUT2D eigenvalue weighted by molar-refractivity contribution is 5.65. The molecule has 150 valence electrons. The molecule has 9 nitrogen and oxygen atoms in total. The molecule has 1 saturated carbocycles. The van der Waals surface area contributed by atoms with Gasteiger partial charge in [-0.3, -0.25) is 4.90 Å². The number of amides is 1. The number of ether oxygens (including phenoxy) is 1.